The van der Waals surface area contributed by atoms with Crippen molar-refractivity contribution in [3.8, 4) is 0 Å². The van der Waals surface area contributed by atoms with Crippen LogP contribution in [-0.2, 0) is 6.54 Å². The van der Waals surface area contributed by atoms with Gasteiger partial charge in [0.25, 0.3) is 0 Å². The minimum Gasteiger partial charge on any atom is -0.306 e. The Morgan fingerprint density at radius 2 is 1.89 bits per heavy atom. The van der Waals surface area contributed by atoms with Crippen molar-refractivity contribution in [2.45, 2.75) is 19.5 Å². The van der Waals surface area contributed by atoms with E-state index in [0.717, 1.165) is 5.56 Å². The fourth-order valence-corrected chi connectivity index (χ4v) is 2.10. The number of nitrogens with zero attached hydrogens (tertiary/aromatic N) is 1. The first kappa shape index (κ1) is 13.3. The number of benzene rings is 1. The van der Waals surface area contributed by atoms with Crippen LogP contribution in [0, 0.1) is 0 Å². The summed E-state index contributed by atoms with van der Waals surface area (Å²) in [4.78, 5) is 4.01. The second kappa shape index (κ2) is 6.19. The highest BCUT2D eigenvalue weighted by atomic mass is 35.5. The average molecular weight is 281 g/mol. The van der Waals surface area contributed by atoms with E-state index in [2.05, 4.69) is 17.2 Å². The van der Waals surface area contributed by atoms with Crippen LogP contribution in [0.5, 0.6) is 0 Å². The van der Waals surface area contributed by atoms with E-state index < -0.39 is 0 Å². The van der Waals surface area contributed by atoms with Crippen molar-refractivity contribution in [1.82, 2.24) is 10.3 Å². The lowest BCUT2D eigenvalue weighted by atomic mass is 10.1. The molecule has 0 aliphatic rings. The molecule has 94 valence electrons. The van der Waals surface area contributed by atoms with Crippen LogP contribution in [0.1, 0.15) is 24.1 Å². The summed E-state index contributed by atoms with van der Waals surface area (Å²) < 4.78 is 0. The zero-order valence-corrected chi connectivity index (χ0v) is 11.5. The Labute approximate surface area is 117 Å². The monoisotopic (exact) mass is 280 g/mol. The van der Waals surface area contributed by atoms with E-state index in [1.807, 2.05) is 24.3 Å². The van der Waals surface area contributed by atoms with Gasteiger partial charge in [0.1, 0.15) is 0 Å². The largest absolute Gasteiger partial charge is 0.306 e. The van der Waals surface area contributed by atoms with E-state index in [1.165, 1.54) is 5.56 Å². The number of rotatable bonds is 4. The van der Waals surface area contributed by atoms with Crippen LogP contribution in [0.4, 0.5) is 0 Å². The first-order valence-corrected chi connectivity index (χ1v) is 6.50. The van der Waals surface area contributed by atoms with Crippen LogP contribution < -0.4 is 5.32 Å². The third-order valence-electron chi connectivity index (χ3n) is 2.84. The molecule has 2 nitrogen and oxygen atoms in total. The van der Waals surface area contributed by atoms with E-state index in [-0.39, 0.29) is 6.04 Å². The number of aromatic nitrogens is 1. The Balaban J connectivity index is 2.02. The van der Waals surface area contributed by atoms with Crippen molar-refractivity contribution < 1.29 is 0 Å². The van der Waals surface area contributed by atoms with Gasteiger partial charge in [-0.05, 0) is 36.2 Å². The second-order valence-corrected chi connectivity index (χ2v) is 4.88. The fraction of sp³-hybridized carbons (Fsp3) is 0.214. The maximum atomic E-state index is 6.14. The first-order chi connectivity index (χ1) is 8.68. The van der Waals surface area contributed by atoms with Gasteiger partial charge in [0.2, 0.25) is 0 Å². The zero-order chi connectivity index (χ0) is 13.0. The normalized spacial score (nSPS) is 12.4. The minimum absolute atomic E-state index is 0.239. The van der Waals surface area contributed by atoms with E-state index in [0.29, 0.717) is 16.6 Å². The summed E-state index contributed by atoms with van der Waals surface area (Å²) in [6, 6.07) is 9.90. The van der Waals surface area contributed by atoms with E-state index in [9.17, 15) is 0 Å². The number of halogens is 2. The molecule has 1 heterocycles. The van der Waals surface area contributed by atoms with Crippen molar-refractivity contribution in [2.24, 2.45) is 0 Å². The van der Waals surface area contributed by atoms with Gasteiger partial charge in [-0.25, -0.2) is 0 Å². The molecule has 0 spiro atoms. The lowest BCUT2D eigenvalue weighted by molar-refractivity contribution is 0.574. The van der Waals surface area contributed by atoms with Crippen LogP contribution in [-0.4, -0.2) is 4.98 Å². The lowest BCUT2D eigenvalue weighted by Gasteiger charge is -2.15. The maximum absolute atomic E-state index is 6.14. The molecule has 0 saturated heterocycles. The topological polar surface area (TPSA) is 24.9 Å². The Morgan fingerprint density at radius 1 is 1.17 bits per heavy atom. The highest BCUT2D eigenvalue weighted by molar-refractivity contribution is 6.42. The van der Waals surface area contributed by atoms with Crippen LogP contribution in [0.2, 0.25) is 10.0 Å². The molecule has 2 aromatic rings. The minimum atomic E-state index is 0.239. The molecule has 1 atom stereocenters. The van der Waals surface area contributed by atoms with Gasteiger partial charge >= 0.3 is 0 Å². The van der Waals surface area contributed by atoms with Gasteiger partial charge in [-0.15, -0.1) is 0 Å². The van der Waals surface area contributed by atoms with E-state index >= 15 is 0 Å². The summed E-state index contributed by atoms with van der Waals surface area (Å²) in [6.45, 7) is 2.79. The van der Waals surface area contributed by atoms with Crippen LogP contribution >= 0.6 is 23.2 Å². The summed E-state index contributed by atoms with van der Waals surface area (Å²) >= 11 is 12.1. The number of hydrogen-bond acceptors (Lipinski definition) is 2. The molecule has 0 fully saturated rings. The number of hydrogen-bond donors (Lipinski definition) is 1. The number of nitrogens with one attached hydrogen (secondary N) is 1. The molecule has 0 bridgehead atoms. The van der Waals surface area contributed by atoms with Gasteiger partial charge < -0.3 is 5.32 Å². The molecule has 0 amide bonds. The van der Waals surface area contributed by atoms with Gasteiger partial charge in [0, 0.05) is 25.0 Å². The smallest absolute Gasteiger partial charge is 0.0637 e. The quantitative estimate of drug-likeness (QED) is 0.906. The van der Waals surface area contributed by atoms with Crippen LogP contribution in [0.3, 0.4) is 0 Å². The van der Waals surface area contributed by atoms with Crippen LogP contribution in [0.25, 0.3) is 0 Å². The molecule has 18 heavy (non-hydrogen) atoms. The molecule has 0 aliphatic carbocycles. The van der Waals surface area contributed by atoms with Crippen molar-refractivity contribution in [3.63, 3.8) is 0 Å². The van der Waals surface area contributed by atoms with Crippen LogP contribution in [0.15, 0.2) is 42.7 Å². The maximum Gasteiger partial charge on any atom is 0.0637 e. The predicted octanol–water partition coefficient (Wildman–Crippen LogP) is 4.24. The van der Waals surface area contributed by atoms with Crippen molar-refractivity contribution >= 4 is 23.2 Å². The average Bonchev–Trinajstić information content (AvgIpc) is 2.41. The summed E-state index contributed by atoms with van der Waals surface area (Å²) in [5, 5.41) is 4.62. The standard InChI is InChI=1S/C14H14Cl2N2/c1-10(11-5-7-17-8-6-11)18-9-12-3-2-4-13(15)14(12)16/h2-8,10,18H,9H2,1H3/t10-/m0/s1. The van der Waals surface area contributed by atoms with Crippen molar-refractivity contribution in [1.29, 1.82) is 0 Å². The molecule has 0 saturated carbocycles. The highest BCUT2D eigenvalue weighted by Crippen LogP contribution is 2.25. The number of pyridine rings is 1. The Morgan fingerprint density at radius 3 is 2.61 bits per heavy atom. The second-order valence-electron chi connectivity index (χ2n) is 4.10. The molecule has 1 N–H and O–H groups in total. The zero-order valence-electron chi connectivity index (χ0n) is 10.0. The Bertz CT molecular complexity index is 514. The van der Waals surface area contributed by atoms with Gasteiger partial charge in [-0.2, -0.15) is 0 Å². The molecule has 1 aromatic heterocycles. The first-order valence-electron chi connectivity index (χ1n) is 5.74. The molecule has 0 aliphatic heterocycles. The summed E-state index contributed by atoms with van der Waals surface area (Å²) in [5.74, 6) is 0. The molecular formula is C14H14Cl2N2. The molecule has 0 unspecified atom stereocenters. The predicted molar refractivity (Wildman–Crippen MR) is 76.0 cm³/mol. The summed E-state index contributed by atoms with van der Waals surface area (Å²) in [7, 11) is 0. The Kier molecular flexibility index (Phi) is 4.59. The molecular weight excluding hydrogens is 267 g/mol. The fourth-order valence-electron chi connectivity index (χ4n) is 1.72. The third-order valence-corrected chi connectivity index (χ3v) is 3.69. The van der Waals surface area contributed by atoms with Crippen molar-refractivity contribution in [3.05, 3.63) is 63.9 Å². The SMILES string of the molecule is C[C@H](NCc1cccc(Cl)c1Cl)c1ccncc1. The molecule has 1 aromatic carbocycles. The Hall–Kier alpha value is -1.09. The molecule has 0 radical (unpaired) electrons. The summed E-state index contributed by atoms with van der Waals surface area (Å²) in [6.07, 6.45) is 3.58. The van der Waals surface area contributed by atoms with E-state index in [4.69, 9.17) is 23.2 Å². The molecule has 2 rings (SSSR count). The summed E-state index contributed by atoms with van der Waals surface area (Å²) in [5.41, 5.74) is 2.20. The van der Waals surface area contributed by atoms with Gasteiger partial charge in [-0.1, -0.05) is 35.3 Å². The lowest BCUT2D eigenvalue weighted by Crippen LogP contribution is -2.18. The highest BCUT2D eigenvalue weighted by Gasteiger charge is 2.07. The van der Waals surface area contributed by atoms with Gasteiger partial charge in [0.05, 0.1) is 10.0 Å². The molecule has 4 heteroatoms. The van der Waals surface area contributed by atoms with Gasteiger partial charge in [-0.3, -0.25) is 4.98 Å². The van der Waals surface area contributed by atoms with Crippen molar-refractivity contribution in [2.75, 3.05) is 0 Å². The third kappa shape index (κ3) is 3.22. The van der Waals surface area contributed by atoms with Gasteiger partial charge in [0.15, 0.2) is 0 Å². The van der Waals surface area contributed by atoms with E-state index in [1.54, 1.807) is 18.5 Å².